The maximum absolute atomic E-state index is 13.6. The number of nitrogens with zero attached hydrogens (tertiary/aromatic N) is 6. The summed E-state index contributed by atoms with van der Waals surface area (Å²) in [6.07, 6.45) is 2.11. The van der Waals surface area contributed by atoms with Crippen LogP contribution in [-0.4, -0.2) is 55.8 Å². The topological polar surface area (TPSA) is 110 Å². The maximum atomic E-state index is 13.6. The van der Waals surface area contributed by atoms with Gasteiger partial charge in [0.15, 0.2) is 11.3 Å². The monoisotopic (exact) mass is 490 g/mol. The summed E-state index contributed by atoms with van der Waals surface area (Å²) in [4.78, 5) is 9.99. The highest BCUT2D eigenvalue weighted by Crippen LogP contribution is 2.38. The molecule has 2 aliphatic rings. The minimum atomic E-state index is -4.88. The van der Waals surface area contributed by atoms with Crippen LogP contribution in [0.2, 0.25) is 0 Å². The van der Waals surface area contributed by atoms with E-state index in [-0.39, 0.29) is 18.0 Å². The zero-order chi connectivity index (χ0) is 24.8. The highest BCUT2D eigenvalue weighted by atomic mass is 35.5. The lowest BCUT2D eigenvalue weighted by atomic mass is 9.97. The fourth-order valence-electron chi connectivity index (χ4n) is 3.90. The van der Waals surface area contributed by atoms with Crippen LogP contribution >= 0.6 is 11.6 Å². The zero-order valence-corrected chi connectivity index (χ0v) is 18.5. The molecule has 1 fully saturated rings. The first kappa shape index (κ1) is 23.7. The summed E-state index contributed by atoms with van der Waals surface area (Å²) in [6, 6.07) is 0.781. The van der Waals surface area contributed by atoms with Gasteiger partial charge in [0.2, 0.25) is 0 Å². The van der Waals surface area contributed by atoms with Gasteiger partial charge in [-0.25, -0.2) is 4.98 Å². The molecule has 0 radical (unpaired) electrons. The summed E-state index contributed by atoms with van der Waals surface area (Å²) in [5.41, 5.74) is -0.629. The Hall–Kier alpha value is -3.46. The van der Waals surface area contributed by atoms with Crippen LogP contribution in [-0.2, 0) is 6.18 Å². The van der Waals surface area contributed by atoms with Crippen molar-refractivity contribution in [1.82, 2.24) is 14.6 Å². The fourth-order valence-corrected chi connectivity index (χ4v) is 4.06. The molecule has 4 rings (SSSR count). The van der Waals surface area contributed by atoms with Crippen molar-refractivity contribution in [1.29, 1.82) is 5.26 Å². The van der Waals surface area contributed by atoms with E-state index in [4.69, 9.17) is 11.6 Å². The van der Waals surface area contributed by atoms with E-state index in [9.17, 15) is 28.6 Å². The van der Waals surface area contributed by atoms with Crippen molar-refractivity contribution in [2.45, 2.75) is 25.2 Å². The van der Waals surface area contributed by atoms with Gasteiger partial charge in [-0.3, -0.25) is 4.99 Å². The van der Waals surface area contributed by atoms with Gasteiger partial charge in [-0.1, -0.05) is 24.3 Å². The Balaban J connectivity index is 2.05. The van der Waals surface area contributed by atoms with Crippen LogP contribution in [0.5, 0.6) is 0 Å². The number of halogens is 4. The van der Waals surface area contributed by atoms with E-state index < -0.39 is 36.2 Å². The first-order valence-corrected chi connectivity index (χ1v) is 10.4. The van der Waals surface area contributed by atoms with Gasteiger partial charge in [0.05, 0.1) is 30.2 Å². The van der Waals surface area contributed by atoms with Crippen LogP contribution in [0.15, 0.2) is 46.6 Å². The minimum Gasteiger partial charge on any atom is -0.394 e. The number of hydrogen-bond acceptors (Lipinski definition) is 7. The molecule has 8 nitrogen and oxygen atoms in total. The third-order valence-corrected chi connectivity index (χ3v) is 5.79. The summed E-state index contributed by atoms with van der Waals surface area (Å²) in [5.74, 6) is 0.151. The molecule has 0 spiro atoms. The second kappa shape index (κ2) is 8.72. The number of aliphatic hydroxyl groups excluding tert-OH is 2. The van der Waals surface area contributed by atoms with Gasteiger partial charge >= 0.3 is 6.18 Å². The third kappa shape index (κ3) is 3.90. The van der Waals surface area contributed by atoms with Crippen LogP contribution in [0.1, 0.15) is 22.5 Å². The Bertz CT molecular complexity index is 1350. The maximum Gasteiger partial charge on any atom is 0.436 e. The number of aromatic nitrogens is 3. The van der Waals surface area contributed by atoms with Gasteiger partial charge in [0.25, 0.3) is 0 Å². The van der Waals surface area contributed by atoms with Crippen molar-refractivity contribution in [3.05, 3.63) is 64.1 Å². The average Bonchev–Trinajstić information content (AvgIpc) is 3.13. The van der Waals surface area contributed by atoms with Crippen molar-refractivity contribution in [2.75, 3.05) is 18.1 Å². The Morgan fingerprint density at radius 3 is 2.74 bits per heavy atom. The van der Waals surface area contributed by atoms with Crippen LogP contribution in [0.4, 0.5) is 19.0 Å². The number of rotatable bonds is 4. The van der Waals surface area contributed by atoms with E-state index in [0.717, 1.165) is 4.52 Å². The van der Waals surface area contributed by atoms with Crippen LogP contribution in [0, 0.1) is 18.3 Å². The highest BCUT2D eigenvalue weighted by molar-refractivity contribution is 6.35. The van der Waals surface area contributed by atoms with Gasteiger partial charge in [-0.05, 0) is 25.2 Å². The highest BCUT2D eigenvalue weighted by Gasteiger charge is 2.43. The van der Waals surface area contributed by atoms with Crippen molar-refractivity contribution < 1.29 is 23.4 Å². The molecule has 1 aliphatic heterocycles. The SMILES string of the molecule is C=CN=C1C=C(Cl)C=C/C1=C\c1c(C)nc2c(C#N)c(C(F)(F)F)nn2c1N1CC(O)C1CO. The Morgan fingerprint density at radius 2 is 2.15 bits per heavy atom. The van der Waals surface area contributed by atoms with Gasteiger partial charge in [0, 0.05) is 28.9 Å². The number of alkyl halides is 3. The summed E-state index contributed by atoms with van der Waals surface area (Å²) in [6.45, 7) is 4.76. The van der Waals surface area contributed by atoms with Crippen molar-refractivity contribution in [3.63, 3.8) is 0 Å². The third-order valence-electron chi connectivity index (χ3n) is 5.56. The molecule has 34 heavy (non-hydrogen) atoms. The standard InChI is InChI=1S/C22H18ClF3N6O2/c1-3-28-16-7-13(23)5-4-12(16)6-14-11(2)29-20-15(8-27)19(22(24,25)26)30-32(20)21(14)31-9-18(34)17(31)10-33/h3-7,17-18,33-34H,1,9-10H2,2H3/b12-6+,28-16?. The van der Waals surface area contributed by atoms with Crippen molar-refractivity contribution in [2.24, 2.45) is 4.99 Å². The van der Waals surface area contributed by atoms with Crippen molar-refractivity contribution in [3.8, 4) is 6.07 Å². The van der Waals surface area contributed by atoms with E-state index in [1.54, 1.807) is 37.3 Å². The molecule has 0 aromatic carbocycles. The number of aliphatic hydroxyl groups is 2. The lowest BCUT2D eigenvalue weighted by Crippen LogP contribution is -2.62. The fraction of sp³-hybridized carbons (Fsp3) is 0.273. The van der Waals surface area contributed by atoms with Gasteiger partial charge in [-0.2, -0.15) is 28.0 Å². The van der Waals surface area contributed by atoms with Crippen LogP contribution < -0.4 is 4.90 Å². The molecule has 3 heterocycles. The molecule has 2 atom stereocenters. The molecular formula is C22H18ClF3N6O2. The molecule has 0 saturated carbocycles. The molecule has 12 heteroatoms. The summed E-state index contributed by atoms with van der Waals surface area (Å²) in [7, 11) is 0. The number of fused-ring (bicyclic) bond motifs is 1. The second-order valence-electron chi connectivity index (χ2n) is 7.63. The van der Waals surface area contributed by atoms with E-state index in [0.29, 0.717) is 27.6 Å². The largest absolute Gasteiger partial charge is 0.436 e. The predicted molar refractivity (Wildman–Crippen MR) is 120 cm³/mol. The van der Waals surface area contributed by atoms with Crippen LogP contribution in [0.25, 0.3) is 11.7 Å². The quantitative estimate of drug-likeness (QED) is 0.681. The number of anilines is 1. The molecule has 1 saturated heterocycles. The van der Waals surface area contributed by atoms with Crippen LogP contribution in [0.3, 0.4) is 0 Å². The Kier molecular flexibility index (Phi) is 6.07. The number of β-amino-alcohol motifs (C(OH)–C–C–N with tert-alkyl or cyclic N) is 1. The molecule has 2 N–H and O–H groups in total. The van der Waals surface area contributed by atoms with Crippen molar-refractivity contribution >= 4 is 34.9 Å². The molecular weight excluding hydrogens is 473 g/mol. The average molecular weight is 491 g/mol. The van der Waals surface area contributed by atoms with E-state index in [2.05, 4.69) is 21.7 Å². The van der Waals surface area contributed by atoms with E-state index in [1.807, 2.05) is 0 Å². The number of aryl methyl sites for hydroxylation is 1. The molecule has 2 unspecified atom stereocenters. The normalized spacial score (nSPS) is 22.8. The molecule has 2 aromatic heterocycles. The van der Waals surface area contributed by atoms with E-state index in [1.165, 1.54) is 11.1 Å². The molecule has 176 valence electrons. The summed E-state index contributed by atoms with van der Waals surface area (Å²) in [5, 5.41) is 33.4. The number of aliphatic imine (C=N–C) groups is 1. The zero-order valence-electron chi connectivity index (χ0n) is 17.8. The smallest absolute Gasteiger partial charge is 0.394 e. The molecule has 0 amide bonds. The van der Waals surface area contributed by atoms with E-state index >= 15 is 0 Å². The predicted octanol–water partition coefficient (Wildman–Crippen LogP) is 3.13. The van der Waals surface area contributed by atoms with Gasteiger partial charge in [0.1, 0.15) is 17.5 Å². The summed E-state index contributed by atoms with van der Waals surface area (Å²) >= 11 is 6.08. The molecule has 2 aromatic rings. The second-order valence-corrected chi connectivity index (χ2v) is 8.07. The lowest BCUT2D eigenvalue weighted by Gasteiger charge is -2.46. The first-order chi connectivity index (χ1) is 16.1. The van der Waals surface area contributed by atoms with Gasteiger partial charge in [-0.15, -0.1) is 0 Å². The Morgan fingerprint density at radius 1 is 1.41 bits per heavy atom. The number of allylic oxidation sites excluding steroid dienone is 5. The number of hydrogen-bond donors (Lipinski definition) is 2. The minimum absolute atomic E-state index is 0.0399. The Labute approximate surface area is 196 Å². The van der Waals surface area contributed by atoms with Gasteiger partial charge < -0.3 is 15.1 Å². The summed E-state index contributed by atoms with van der Waals surface area (Å²) < 4.78 is 41.9. The molecule has 1 aliphatic carbocycles. The first-order valence-electron chi connectivity index (χ1n) is 10.0. The molecule has 0 bridgehead atoms. The number of nitriles is 1. The lowest BCUT2D eigenvalue weighted by molar-refractivity contribution is -0.141.